The molecule has 0 aliphatic rings. The Morgan fingerprint density at radius 1 is 1.15 bits per heavy atom. The number of methoxy groups -OCH3 is 1. The summed E-state index contributed by atoms with van der Waals surface area (Å²) in [7, 11) is 1.64. The summed E-state index contributed by atoms with van der Waals surface area (Å²) >= 11 is 6.15. The minimum absolute atomic E-state index is 0.333. The van der Waals surface area contributed by atoms with E-state index in [2.05, 4.69) is 5.32 Å². The van der Waals surface area contributed by atoms with Gasteiger partial charge in [-0.2, -0.15) is 0 Å². The first-order valence-corrected chi connectivity index (χ1v) is 6.86. The predicted octanol–water partition coefficient (Wildman–Crippen LogP) is 4.26. The van der Waals surface area contributed by atoms with Gasteiger partial charge in [0.2, 0.25) is 0 Å². The Bertz CT molecular complexity index is 601. The summed E-state index contributed by atoms with van der Waals surface area (Å²) in [6.45, 7) is 3.62. The molecule has 20 heavy (non-hydrogen) atoms. The average molecular weight is 294 g/mol. The van der Waals surface area contributed by atoms with Crippen LogP contribution >= 0.6 is 11.6 Å². The van der Waals surface area contributed by atoms with Gasteiger partial charge in [-0.15, -0.1) is 0 Å². The van der Waals surface area contributed by atoms with Crippen molar-refractivity contribution in [2.45, 2.75) is 13.5 Å². The normalized spacial score (nSPS) is 10.6. The SMILES string of the molecule is CCNCc1cc(OC)ccc1-c1ccc(F)cc1Cl. The van der Waals surface area contributed by atoms with Crippen LogP contribution < -0.4 is 10.1 Å². The van der Waals surface area contributed by atoms with Gasteiger partial charge in [0.25, 0.3) is 0 Å². The number of hydrogen-bond donors (Lipinski definition) is 1. The number of rotatable bonds is 5. The Balaban J connectivity index is 2.48. The third kappa shape index (κ3) is 3.30. The van der Waals surface area contributed by atoms with E-state index in [1.807, 2.05) is 25.1 Å². The molecule has 0 fully saturated rings. The summed E-state index contributed by atoms with van der Waals surface area (Å²) < 4.78 is 18.4. The second-order valence-corrected chi connectivity index (χ2v) is 4.83. The zero-order chi connectivity index (χ0) is 14.5. The molecule has 0 unspecified atom stereocenters. The largest absolute Gasteiger partial charge is 0.497 e. The van der Waals surface area contributed by atoms with Gasteiger partial charge in [-0.3, -0.25) is 0 Å². The number of benzene rings is 2. The van der Waals surface area contributed by atoms with Crippen molar-refractivity contribution < 1.29 is 9.13 Å². The number of halogens is 2. The molecule has 4 heteroatoms. The maximum atomic E-state index is 13.2. The van der Waals surface area contributed by atoms with E-state index < -0.39 is 0 Å². The van der Waals surface area contributed by atoms with Crippen molar-refractivity contribution in [3.8, 4) is 16.9 Å². The van der Waals surface area contributed by atoms with Gasteiger partial charge in [0, 0.05) is 12.1 Å². The fourth-order valence-electron chi connectivity index (χ4n) is 2.07. The molecule has 0 spiro atoms. The summed E-state index contributed by atoms with van der Waals surface area (Å²) in [6.07, 6.45) is 0. The van der Waals surface area contributed by atoms with E-state index >= 15 is 0 Å². The van der Waals surface area contributed by atoms with Crippen molar-refractivity contribution in [2.24, 2.45) is 0 Å². The Kier molecular flexibility index (Phi) is 4.99. The van der Waals surface area contributed by atoms with Crippen LogP contribution in [0.5, 0.6) is 5.75 Å². The summed E-state index contributed by atoms with van der Waals surface area (Å²) in [5.74, 6) is 0.459. The zero-order valence-electron chi connectivity index (χ0n) is 11.5. The fourth-order valence-corrected chi connectivity index (χ4v) is 2.34. The van der Waals surface area contributed by atoms with E-state index in [1.165, 1.54) is 12.1 Å². The molecule has 2 aromatic carbocycles. The van der Waals surface area contributed by atoms with Crippen LogP contribution in [0.25, 0.3) is 11.1 Å². The topological polar surface area (TPSA) is 21.3 Å². The molecule has 0 heterocycles. The van der Waals surface area contributed by atoms with Gasteiger partial charge in [-0.05, 0) is 48.0 Å². The molecule has 0 bridgehead atoms. The Morgan fingerprint density at radius 2 is 1.90 bits per heavy atom. The fraction of sp³-hybridized carbons (Fsp3) is 0.250. The summed E-state index contributed by atoms with van der Waals surface area (Å²) in [4.78, 5) is 0. The minimum atomic E-state index is -0.333. The molecule has 0 saturated carbocycles. The molecule has 106 valence electrons. The molecule has 2 nitrogen and oxygen atoms in total. The molecule has 0 aliphatic heterocycles. The van der Waals surface area contributed by atoms with Crippen molar-refractivity contribution in [1.29, 1.82) is 0 Å². The molecule has 0 saturated heterocycles. The van der Waals surface area contributed by atoms with Crippen LogP contribution in [0.15, 0.2) is 36.4 Å². The highest BCUT2D eigenvalue weighted by Gasteiger charge is 2.10. The molecule has 0 radical (unpaired) electrons. The second-order valence-electron chi connectivity index (χ2n) is 4.43. The highest BCUT2D eigenvalue weighted by molar-refractivity contribution is 6.33. The molecule has 2 aromatic rings. The lowest BCUT2D eigenvalue weighted by atomic mass is 9.99. The van der Waals surface area contributed by atoms with E-state index in [4.69, 9.17) is 16.3 Å². The highest BCUT2D eigenvalue weighted by Crippen LogP contribution is 2.33. The summed E-state index contributed by atoms with van der Waals surface area (Å²) in [6, 6.07) is 10.3. The Morgan fingerprint density at radius 3 is 2.55 bits per heavy atom. The van der Waals surface area contributed by atoms with Gasteiger partial charge < -0.3 is 10.1 Å². The molecule has 1 N–H and O–H groups in total. The first-order valence-electron chi connectivity index (χ1n) is 6.48. The quantitative estimate of drug-likeness (QED) is 0.889. The highest BCUT2D eigenvalue weighted by atomic mass is 35.5. The number of hydrogen-bond acceptors (Lipinski definition) is 2. The molecular weight excluding hydrogens is 277 g/mol. The molecule has 0 amide bonds. The first-order chi connectivity index (χ1) is 9.65. The lowest BCUT2D eigenvalue weighted by Crippen LogP contribution is -2.12. The molecule has 0 atom stereocenters. The van der Waals surface area contributed by atoms with Crippen molar-refractivity contribution in [2.75, 3.05) is 13.7 Å². The van der Waals surface area contributed by atoms with Crippen LogP contribution in [0.2, 0.25) is 5.02 Å². The smallest absolute Gasteiger partial charge is 0.124 e. The molecular formula is C16H17ClFNO. The van der Waals surface area contributed by atoms with Gasteiger partial charge in [0.05, 0.1) is 12.1 Å². The maximum Gasteiger partial charge on any atom is 0.124 e. The standard InChI is InChI=1S/C16H17ClFNO/c1-3-19-10-11-8-13(20-2)5-7-14(11)15-6-4-12(18)9-16(15)17/h4-9,19H,3,10H2,1-2H3. The van der Waals surface area contributed by atoms with Crippen LogP contribution in [-0.2, 0) is 6.54 Å². The van der Waals surface area contributed by atoms with E-state index in [-0.39, 0.29) is 5.82 Å². The number of ether oxygens (including phenoxy) is 1. The minimum Gasteiger partial charge on any atom is -0.497 e. The van der Waals surface area contributed by atoms with Gasteiger partial charge in [-0.1, -0.05) is 24.6 Å². The first kappa shape index (κ1) is 14.8. The van der Waals surface area contributed by atoms with Crippen molar-refractivity contribution in [3.63, 3.8) is 0 Å². The van der Waals surface area contributed by atoms with E-state index in [1.54, 1.807) is 13.2 Å². The second kappa shape index (κ2) is 6.73. The van der Waals surface area contributed by atoms with Crippen LogP contribution in [0.4, 0.5) is 4.39 Å². The summed E-state index contributed by atoms with van der Waals surface area (Å²) in [5.41, 5.74) is 2.88. The van der Waals surface area contributed by atoms with Crippen molar-refractivity contribution in [1.82, 2.24) is 5.32 Å². The van der Waals surface area contributed by atoms with Crippen molar-refractivity contribution in [3.05, 3.63) is 52.8 Å². The van der Waals surface area contributed by atoms with Gasteiger partial charge >= 0.3 is 0 Å². The van der Waals surface area contributed by atoms with E-state index in [0.717, 1.165) is 29.0 Å². The number of nitrogens with one attached hydrogen (secondary N) is 1. The third-order valence-corrected chi connectivity index (χ3v) is 3.41. The lowest BCUT2D eigenvalue weighted by molar-refractivity contribution is 0.414. The molecule has 2 rings (SSSR count). The van der Waals surface area contributed by atoms with E-state index in [9.17, 15) is 4.39 Å². The Hall–Kier alpha value is -1.58. The lowest BCUT2D eigenvalue weighted by Gasteiger charge is -2.13. The van der Waals surface area contributed by atoms with E-state index in [0.29, 0.717) is 11.6 Å². The third-order valence-electron chi connectivity index (χ3n) is 3.10. The Labute approximate surface area is 123 Å². The van der Waals surface area contributed by atoms with Crippen molar-refractivity contribution >= 4 is 11.6 Å². The van der Waals surface area contributed by atoms with Crippen LogP contribution in [-0.4, -0.2) is 13.7 Å². The average Bonchev–Trinajstić information content (AvgIpc) is 2.45. The predicted molar refractivity (Wildman–Crippen MR) is 80.8 cm³/mol. The monoisotopic (exact) mass is 293 g/mol. The van der Waals surface area contributed by atoms with Gasteiger partial charge in [-0.25, -0.2) is 4.39 Å². The zero-order valence-corrected chi connectivity index (χ0v) is 12.3. The van der Waals surface area contributed by atoms with Crippen LogP contribution in [0.1, 0.15) is 12.5 Å². The summed E-state index contributed by atoms with van der Waals surface area (Å²) in [5, 5.41) is 3.69. The molecule has 0 aromatic heterocycles. The van der Waals surface area contributed by atoms with Gasteiger partial charge in [0.1, 0.15) is 11.6 Å². The van der Waals surface area contributed by atoms with Crippen LogP contribution in [0.3, 0.4) is 0 Å². The van der Waals surface area contributed by atoms with Gasteiger partial charge in [0.15, 0.2) is 0 Å². The maximum absolute atomic E-state index is 13.2. The molecule has 0 aliphatic carbocycles. The van der Waals surface area contributed by atoms with Crippen LogP contribution in [0, 0.1) is 5.82 Å².